The van der Waals surface area contributed by atoms with E-state index in [2.05, 4.69) is 26.6 Å². The number of ether oxygens (including phenoxy) is 2. The van der Waals surface area contributed by atoms with E-state index in [0.29, 0.717) is 40.2 Å². The number of carbonyl (C=O) groups excluding carboxylic acids is 3. The molecule has 2 N–H and O–H groups in total. The molecule has 2 aromatic rings. The molecule has 8 nitrogen and oxygen atoms in total. The number of amides is 4. The lowest BCUT2D eigenvalue weighted by Crippen LogP contribution is -2.31. The molecule has 0 bridgehead atoms. The van der Waals surface area contributed by atoms with Crippen molar-refractivity contribution in [3.05, 3.63) is 58.2 Å². The van der Waals surface area contributed by atoms with E-state index in [1.54, 1.807) is 30.3 Å². The highest BCUT2D eigenvalue weighted by Gasteiger charge is 2.32. The van der Waals surface area contributed by atoms with Gasteiger partial charge in [0.25, 0.3) is 11.8 Å². The second kappa shape index (κ2) is 10.1. The zero-order valence-corrected chi connectivity index (χ0v) is 18.7. The number of hydrogen-bond donors (Lipinski definition) is 2. The van der Waals surface area contributed by atoms with Crippen molar-refractivity contribution in [2.75, 3.05) is 25.6 Å². The molecule has 0 saturated carbocycles. The molecule has 0 aromatic heterocycles. The molecule has 4 amide bonds. The summed E-state index contributed by atoms with van der Waals surface area (Å²) < 4.78 is 11.6. The lowest BCUT2D eigenvalue weighted by Gasteiger charge is -2.13. The number of nitrogens with one attached hydrogen (secondary N) is 2. The number of nitrogens with zero attached hydrogens (tertiary/aromatic N) is 1. The van der Waals surface area contributed by atoms with Crippen molar-refractivity contribution in [1.82, 2.24) is 10.2 Å². The Morgan fingerprint density at radius 3 is 2.61 bits per heavy atom. The van der Waals surface area contributed by atoms with Gasteiger partial charge in [0.15, 0.2) is 18.1 Å². The lowest BCUT2D eigenvalue weighted by atomic mass is 10.1. The summed E-state index contributed by atoms with van der Waals surface area (Å²) in [5.41, 5.74) is 1.46. The van der Waals surface area contributed by atoms with Crippen molar-refractivity contribution in [3.8, 4) is 11.5 Å². The highest BCUT2D eigenvalue weighted by atomic mass is 79.9. The van der Waals surface area contributed by atoms with Crippen LogP contribution in [0.2, 0.25) is 0 Å². The van der Waals surface area contributed by atoms with Crippen LogP contribution in [0.3, 0.4) is 0 Å². The number of carbonyl (C=O) groups is 3. The van der Waals surface area contributed by atoms with Crippen molar-refractivity contribution < 1.29 is 23.9 Å². The van der Waals surface area contributed by atoms with E-state index in [4.69, 9.17) is 9.47 Å². The Morgan fingerprint density at radius 2 is 1.94 bits per heavy atom. The Morgan fingerprint density at radius 1 is 1.19 bits per heavy atom. The summed E-state index contributed by atoms with van der Waals surface area (Å²) in [6, 6.07) is 11.9. The van der Waals surface area contributed by atoms with Gasteiger partial charge in [0.05, 0.1) is 7.11 Å². The monoisotopic (exact) mass is 487 g/mol. The summed E-state index contributed by atoms with van der Waals surface area (Å²) >= 11 is 3.44. The maximum atomic E-state index is 12.4. The summed E-state index contributed by atoms with van der Waals surface area (Å²) in [6.07, 6.45) is 2.24. The normalized spacial score (nSPS) is 14.5. The van der Waals surface area contributed by atoms with Crippen LogP contribution < -0.4 is 20.1 Å². The average Bonchev–Trinajstić information content (AvgIpc) is 3.02. The predicted molar refractivity (Wildman–Crippen MR) is 120 cm³/mol. The zero-order chi connectivity index (χ0) is 22.4. The van der Waals surface area contributed by atoms with Crippen molar-refractivity contribution >= 4 is 45.5 Å². The number of urea groups is 1. The van der Waals surface area contributed by atoms with E-state index in [-0.39, 0.29) is 24.1 Å². The number of hydrogen-bond acceptors (Lipinski definition) is 5. The molecular weight excluding hydrogens is 466 g/mol. The molecule has 0 spiro atoms. The van der Waals surface area contributed by atoms with Crippen molar-refractivity contribution in [2.24, 2.45) is 0 Å². The number of anilines is 1. The Balaban J connectivity index is 1.74. The third-order valence-electron chi connectivity index (χ3n) is 4.41. The molecule has 1 heterocycles. The first-order valence-corrected chi connectivity index (χ1v) is 10.4. The number of methoxy groups -OCH3 is 1. The Kier molecular flexibility index (Phi) is 7.30. The van der Waals surface area contributed by atoms with Crippen molar-refractivity contribution in [3.63, 3.8) is 0 Å². The molecule has 3 rings (SSSR count). The fourth-order valence-corrected chi connectivity index (χ4v) is 3.39. The van der Waals surface area contributed by atoms with Gasteiger partial charge in [0.1, 0.15) is 5.70 Å². The van der Waals surface area contributed by atoms with Crippen LogP contribution in [0, 0.1) is 0 Å². The fraction of sp³-hybridized carbons (Fsp3) is 0.227. The van der Waals surface area contributed by atoms with E-state index < -0.39 is 6.03 Å². The van der Waals surface area contributed by atoms with Gasteiger partial charge in [-0.2, -0.15) is 0 Å². The Bertz CT molecular complexity index is 1020. The predicted octanol–water partition coefficient (Wildman–Crippen LogP) is 3.78. The Hall–Kier alpha value is -3.33. The van der Waals surface area contributed by atoms with Gasteiger partial charge < -0.3 is 20.1 Å². The van der Waals surface area contributed by atoms with Gasteiger partial charge in [-0.25, -0.2) is 4.79 Å². The fourth-order valence-electron chi connectivity index (χ4n) is 2.95. The molecule has 31 heavy (non-hydrogen) atoms. The number of para-hydroxylation sites is 1. The van der Waals surface area contributed by atoms with Crippen LogP contribution >= 0.6 is 15.9 Å². The third-order valence-corrected chi connectivity index (χ3v) is 5.10. The van der Waals surface area contributed by atoms with Crippen LogP contribution in [-0.4, -0.2) is 43.0 Å². The van der Waals surface area contributed by atoms with E-state index in [9.17, 15) is 14.4 Å². The van der Waals surface area contributed by atoms with E-state index in [1.807, 2.05) is 25.1 Å². The van der Waals surface area contributed by atoms with Gasteiger partial charge in [-0.15, -0.1) is 0 Å². The third kappa shape index (κ3) is 5.43. The van der Waals surface area contributed by atoms with E-state index >= 15 is 0 Å². The molecule has 0 atom stereocenters. The quantitative estimate of drug-likeness (QED) is 0.436. The van der Waals surface area contributed by atoms with Crippen LogP contribution in [0.15, 0.2) is 52.6 Å². The SMILES string of the molecule is CCCN1C(=O)N/C(=C/c2cc(OC)c(OCC(=O)Nc3ccccc3)cc2Br)C1=O. The van der Waals surface area contributed by atoms with Gasteiger partial charge in [-0.1, -0.05) is 41.1 Å². The minimum absolute atomic E-state index is 0.178. The molecule has 0 radical (unpaired) electrons. The smallest absolute Gasteiger partial charge is 0.329 e. The van der Waals surface area contributed by atoms with Crippen LogP contribution in [-0.2, 0) is 9.59 Å². The minimum Gasteiger partial charge on any atom is -0.493 e. The van der Waals surface area contributed by atoms with Crippen LogP contribution in [0.4, 0.5) is 10.5 Å². The number of benzene rings is 2. The first kappa shape index (κ1) is 22.4. The number of halogens is 1. The summed E-state index contributed by atoms with van der Waals surface area (Å²) in [7, 11) is 1.47. The highest BCUT2D eigenvalue weighted by Crippen LogP contribution is 2.35. The summed E-state index contributed by atoms with van der Waals surface area (Å²) in [6.45, 7) is 2.03. The Labute approximate surface area is 188 Å². The lowest BCUT2D eigenvalue weighted by molar-refractivity contribution is -0.123. The maximum Gasteiger partial charge on any atom is 0.329 e. The van der Waals surface area contributed by atoms with Gasteiger partial charge in [0, 0.05) is 16.7 Å². The second-order valence-corrected chi connectivity index (χ2v) is 7.53. The van der Waals surface area contributed by atoms with Gasteiger partial charge in [0.2, 0.25) is 0 Å². The molecule has 1 saturated heterocycles. The number of imide groups is 1. The average molecular weight is 488 g/mol. The molecule has 1 aliphatic rings. The second-order valence-electron chi connectivity index (χ2n) is 6.67. The van der Waals surface area contributed by atoms with Crippen molar-refractivity contribution in [2.45, 2.75) is 13.3 Å². The van der Waals surface area contributed by atoms with E-state index in [0.717, 1.165) is 0 Å². The molecule has 0 aliphatic carbocycles. The summed E-state index contributed by atoms with van der Waals surface area (Å²) in [5, 5.41) is 5.32. The number of rotatable bonds is 8. The van der Waals surface area contributed by atoms with Crippen LogP contribution in [0.1, 0.15) is 18.9 Å². The maximum absolute atomic E-state index is 12.4. The molecular formula is C22H22BrN3O5. The van der Waals surface area contributed by atoms with Crippen LogP contribution in [0.25, 0.3) is 6.08 Å². The minimum atomic E-state index is -0.439. The van der Waals surface area contributed by atoms with Crippen LogP contribution in [0.5, 0.6) is 11.5 Å². The van der Waals surface area contributed by atoms with Gasteiger partial charge in [-0.05, 0) is 42.3 Å². The van der Waals surface area contributed by atoms with Crippen molar-refractivity contribution in [1.29, 1.82) is 0 Å². The topological polar surface area (TPSA) is 97.0 Å². The molecule has 162 valence electrons. The molecule has 2 aromatic carbocycles. The molecule has 9 heteroatoms. The largest absolute Gasteiger partial charge is 0.493 e. The summed E-state index contributed by atoms with van der Waals surface area (Å²) in [5.74, 6) is 0.0420. The zero-order valence-electron chi connectivity index (χ0n) is 17.1. The highest BCUT2D eigenvalue weighted by molar-refractivity contribution is 9.10. The molecule has 1 fully saturated rings. The molecule has 1 aliphatic heterocycles. The first-order valence-electron chi connectivity index (χ1n) is 9.62. The van der Waals surface area contributed by atoms with E-state index in [1.165, 1.54) is 12.0 Å². The van der Waals surface area contributed by atoms with Gasteiger partial charge >= 0.3 is 6.03 Å². The standard InChI is InChI=1S/C22H22BrN3O5/c1-3-9-26-21(28)17(25-22(26)29)10-14-11-18(30-2)19(12-16(14)23)31-13-20(27)24-15-7-5-4-6-8-15/h4-8,10-12H,3,9,13H2,1-2H3,(H,24,27)(H,25,29)/b17-10+. The van der Waals surface area contributed by atoms with Gasteiger partial charge in [-0.3, -0.25) is 14.5 Å². The first-order chi connectivity index (χ1) is 14.9. The molecule has 0 unspecified atom stereocenters. The summed E-state index contributed by atoms with van der Waals surface area (Å²) in [4.78, 5) is 37.7.